The Morgan fingerprint density at radius 1 is 1.08 bits per heavy atom. The largest absolute Gasteiger partial charge is 0.497 e. The first-order valence-corrected chi connectivity index (χ1v) is 17.5. The average Bonchev–Trinajstić information content (AvgIpc) is 3.64. The molecule has 20 heteroatoms. The number of esters is 1. The molecule has 2 aromatic heterocycles. The van der Waals surface area contributed by atoms with E-state index in [1.54, 1.807) is 62.4 Å². The summed E-state index contributed by atoms with van der Waals surface area (Å²) in [5, 5.41) is 15.3. The second kappa shape index (κ2) is 16.4. The third kappa shape index (κ3) is 9.37. The summed E-state index contributed by atoms with van der Waals surface area (Å²) < 4.78 is 80.3. The van der Waals surface area contributed by atoms with Crippen molar-refractivity contribution in [3.8, 4) is 11.5 Å². The molecular weight excluding hydrogens is 729 g/mol. The van der Waals surface area contributed by atoms with Crippen LogP contribution in [0.5, 0.6) is 11.5 Å². The van der Waals surface area contributed by atoms with Crippen LogP contribution in [0.15, 0.2) is 70.0 Å². The number of nitrogens with one attached hydrogen (secondary N) is 2. The predicted molar refractivity (Wildman–Crippen MR) is 180 cm³/mol. The summed E-state index contributed by atoms with van der Waals surface area (Å²) in [5.41, 5.74) is -0.236. The number of anilines is 1. The van der Waals surface area contributed by atoms with Crippen LogP contribution in [0.3, 0.4) is 0 Å². The number of aromatic nitrogens is 2. The molecule has 5 rings (SSSR count). The fraction of sp³-hybridized carbons (Fsp3) is 0.394. The van der Waals surface area contributed by atoms with Crippen molar-refractivity contribution in [1.29, 1.82) is 0 Å². The molecule has 1 aliphatic heterocycles. The first-order valence-electron chi connectivity index (χ1n) is 16.0. The van der Waals surface area contributed by atoms with Gasteiger partial charge in [0.05, 0.1) is 20.8 Å². The Kier molecular flexibility index (Phi) is 12.2. The van der Waals surface area contributed by atoms with Crippen molar-refractivity contribution >= 4 is 36.6 Å². The molecule has 1 fully saturated rings. The van der Waals surface area contributed by atoms with Gasteiger partial charge in [0.25, 0.3) is 0 Å². The number of carbonyl (C=O) groups is 2. The number of benzene rings is 2. The molecule has 0 saturated carbocycles. The Bertz CT molecular complexity index is 2030. The molecule has 0 radical (unpaired) electrons. The van der Waals surface area contributed by atoms with E-state index in [0.29, 0.717) is 32.6 Å². The van der Waals surface area contributed by atoms with Crippen LogP contribution in [-0.2, 0) is 41.3 Å². The highest BCUT2D eigenvalue weighted by Crippen LogP contribution is 2.45. The SMILES string of the molecule is COc1cc(OC)c2oc(COC(=O)Nc3ccn(C4O[C@H](COP(=O)(O)NC(C(=O)OCc5ccccc5)C(C)C)[C@@H](O)C4(F)F)c(=O)n3)cc2c1. The second-order valence-electron chi connectivity index (χ2n) is 12.1. The van der Waals surface area contributed by atoms with Crippen molar-refractivity contribution in [2.45, 2.75) is 57.5 Å². The molecule has 3 heterocycles. The van der Waals surface area contributed by atoms with E-state index < -0.39 is 68.4 Å². The normalized spacial score (nSPS) is 19.8. The van der Waals surface area contributed by atoms with Crippen molar-refractivity contribution in [3.05, 3.63) is 82.6 Å². The number of alkyl halides is 2. The van der Waals surface area contributed by atoms with E-state index in [2.05, 4.69) is 15.4 Å². The van der Waals surface area contributed by atoms with Gasteiger partial charge in [-0.05, 0) is 29.7 Å². The number of amides is 1. The molecule has 1 saturated heterocycles. The molecule has 53 heavy (non-hydrogen) atoms. The molecule has 0 bridgehead atoms. The van der Waals surface area contributed by atoms with Crippen LogP contribution >= 0.6 is 7.75 Å². The number of nitrogens with zero attached hydrogens (tertiary/aromatic N) is 2. The molecular formula is C33H37F2N4O13P. The lowest BCUT2D eigenvalue weighted by atomic mass is 10.1. The number of carbonyl (C=O) groups excluding carboxylic acids is 2. The van der Waals surface area contributed by atoms with Crippen LogP contribution in [0.2, 0.25) is 0 Å². The Balaban J connectivity index is 1.17. The molecule has 3 unspecified atom stereocenters. The standard InChI is InChI=1S/C33H37F2N4O13P/c1-18(2)26(29(41)48-15-19-8-6-5-7-9-19)38-53(44,45)50-17-24-28(40)33(34,35)30(52-24)39-11-10-25(36-31(39)42)37-32(43)49-16-22-13-20-12-21(46-3)14-23(47-4)27(20)51-22/h5-14,18,24,26,28,30,40H,15-17H2,1-4H3,(H2,38,44,45)(H,36,37,42,43)/t24-,26?,28-,30?/m1/s1. The lowest BCUT2D eigenvalue weighted by Gasteiger charge is -2.24. The van der Waals surface area contributed by atoms with Crippen LogP contribution in [-0.4, -0.2) is 76.6 Å². The van der Waals surface area contributed by atoms with Crippen LogP contribution in [0.4, 0.5) is 19.4 Å². The minimum Gasteiger partial charge on any atom is -0.497 e. The molecule has 1 aliphatic rings. The van der Waals surface area contributed by atoms with Gasteiger partial charge in [-0.3, -0.25) is 19.2 Å². The van der Waals surface area contributed by atoms with E-state index in [9.17, 15) is 28.9 Å². The summed E-state index contributed by atoms with van der Waals surface area (Å²) >= 11 is 0. The minimum atomic E-state index is -4.87. The molecule has 1 amide bonds. The van der Waals surface area contributed by atoms with Gasteiger partial charge in [0.1, 0.15) is 36.1 Å². The number of halogens is 2. The number of ether oxygens (including phenoxy) is 5. The summed E-state index contributed by atoms with van der Waals surface area (Å²) in [7, 11) is -1.94. The molecule has 0 aliphatic carbocycles. The molecule has 4 N–H and O–H groups in total. The van der Waals surface area contributed by atoms with Crippen molar-refractivity contribution in [3.63, 3.8) is 0 Å². The van der Waals surface area contributed by atoms with E-state index in [0.717, 1.165) is 12.3 Å². The van der Waals surface area contributed by atoms with Crippen molar-refractivity contribution < 1.29 is 65.6 Å². The summed E-state index contributed by atoms with van der Waals surface area (Å²) in [5.74, 6) is -4.74. The molecule has 17 nitrogen and oxygen atoms in total. The zero-order valence-electron chi connectivity index (χ0n) is 28.8. The first-order chi connectivity index (χ1) is 25.1. The quantitative estimate of drug-likeness (QED) is 0.0988. The molecule has 2 aromatic carbocycles. The van der Waals surface area contributed by atoms with Gasteiger partial charge in [-0.1, -0.05) is 44.2 Å². The second-order valence-corrected chi connectivity index (χ2v) is 13.6. The number of hydrogen-bond acceptors (Lipinski definition) is 13. The lowest BCUT2D eigenvalue weighted by molar-refractivity contribution is -0.148. The van der Waals surface area contributed by atoms with E-state index in [1.165, 1.54) is 14.2 Å². The number of aliphatic hydroxyl groups is 1. The minimum absolute atomic E-state index is 0.106. The monoisotopic (exact) mass is 766 g/mol. The predicted octanol–water partition coefficient (Wildman–Crippen LogP) is 4.12. The number of furan rings is 1. The highest BCUT2D eigenvalue weighted by atomic mass is 31.2. The lowest BCUT2D eigenvalue weighted by Crippen LogP contribution is -2.42. The topological polar surface area (TPSA) is 219 Å². The van der Waals surface area contributed by atoms with Gasteiger partial charge in [-0.25, -0.2) is 19.2 Å². The van der Waals surface area contributed by atoms with Gasteiger partial charge in [0, 0.05) is 17.6 Å². The zero-order valence-corrected chi connectivity index (χ0v) is 29.7. The summed E-state index contributed by atoms with van der Waals surface area (Å²) in [6, 6.07) is 13.3. The smallest absolute Gasteiger partial charge is 0.413 e. The maximum atomic E-state index is 15.2. The van der Waals surface area contributed by atoms with Gasteiger partial charge in [0.2, 0.25) is 6.23 Å². The van der Waals surface area contributed by atoms with Crippen LogP contribution in [0.1, 0.15) is 31.4 Å². The zero-order chi connectivity index (χ0) is 38.5. The maximum Gasteiger partial charge on any atom is 0.413 e. The van der Waals surface area contributed by atoms with Gasteiger partial charge >= 0.3 is 31.4 Å². The Hall–Kier alpha value is -4.91. The maximum absolute atomic E-state index is 15.2. The van der Waals surface area contributed by atoms with E-state index in [4.69, 9.17) is 32.6 Å². The Morgan fingerprint density at radius 3 is 2.47 bits per heavy atom. The number of aliphatic hydroxyl groups excluding tert-OH is 1. The summed E-state index contributed by atoms with van der Waals surface area (Å²) in [4.78, 5) is 51.9. The van der Waals surface area contributed by atoms with Crippen molar-refractivity contribution in [1.82, 2.24) is 14.6 Å². The van der Waals surface area contributed by atoms with E-state index >= 15 is 8.78 Å². The Labute approximate surface area is 300 Å². The van der Waals surface area contributed by atoms with Crippen LogP contribution in [0.25, 0.3) is 11.0 Å². The van der Waals surface area contributed by atoms with Gasteiger partial charge < -0.3 is 38.1 Å². The van der Waals surface area contributed by atoms with Gasteiger partial charge in [0.15, 0.2) is 24.0 Å². The summed E-state index contributed by atoms with van der Waals surface area (Å²) in [6.07, 6.45) is -7.13. The van der Waals surface area contributed by atoms with Gasteiger partial charge in [-0.2, -0.15) is 13.8 Å². The summed E-state index contributed by atoms with van der Waals surface area (Å²) in [6.45, 7) is 1.66. The molecule has 0 spiro atoms. The first kappa shape index (κ1) is 39.3. The molecule has 286 valence electrons. The van der Waals surface area contributed by atoms with E-state index in [-0.39, 0.29) is 24.8 Å². The highest BCUT2D eigenvalue weighted by molar-refractivity contribution is 7.50. The third-order valence-electron chi connectivity index (χ3n) is 7.96. The Morgan fingerprint density at radius 2 is 1.81 bits per heavy atom. The van der Waals surface area contributed by atoms with Crippen LogP contribution < -0.4 is 25.6 Å². The third-order valence-corrected chi connectivity index (χ3v) is 9.06. The number of methoxy groups -OCH3 is 2. The number of fused-ring (bicyclic) bond motifs is 1. The highest BCUT2D eigenvalue weighted by Gasteiger charge is 2.60. The number of rotatable bonds is 15. The van der Waals surface area contributed by atoms with Gasteiger partial charge in [-0.15, -0.1) is 0 Å². The molecule has 5 atom stereocenters. The number of hydrogen-bond donors (Lipinski definition) is 4. The fourth-order valence-corrected chi connectivity index (χ4v) is 6.39. The van der Waals surface area contributed by atoms with Crippen LogP contribution in [0, 0.1) is 5.92 Å². The fourth-order valence-electron chi connectivity index (χ4n) is 5.21. The van der Waals surface area contributed by atoms with Crippen molar-refractivity contribution in [2.24, 2.45) is 5.92 Å². The van der Waals surface area contributed by atoms with Crippen molar-refractivity contribution in [2.75, 3.05) is 26.1 Å². The van der Waals surface area contributed by atoms with E-state index in [1.807, 2.05) is 0 Å². The molecule has 4 aromatic rings. The average molecular weight is 767 g/mol.